The first-order chi connectivity index (χ1) is 6.90. The maximum absolute atomic E-state index is 5.53. The molecule has 0 unspecified atom stereocenters. The summed E-state index contributed by atoms with van der Waals surface area (Å²) in [5.74, 6) is 0.662. The molecule has 78 valence electrons. The Kier molecular flexibility index (Phi) is 3.48. The highest BCUT2D eigenvalue weighted by Crippen LogP contribution is 2.32. The van der Waals surface area contributed by atoms with Gasteiger partial charge in [0.25, 0.3) is 0 Å². The van der Waals surface area contributed by atoms with E-state index in [1.165, 1.54) is 43.5 Å². The van der Waals surface area contributed by atoms with Crippen molar-refractivity contribution in [2.24, 2.45) is 5.73 Å². The van der Waals surface area contributed by atoms with Gasteiger partial charge in [0.1, 0.15) is 10.0 Å². The highest BCUT2D eigenvalue weighted by atomic mass is 32.1. The van der Waals surface area contributed by atoms with Crippen LogP contribution in [0.1, 0.15) is 54.5 Å². The summed E-state index contributed by atoms with van der Waals surface area (Å²) in [5.41, 5.74) is 5.53. The SMILES string of the molecule is NCc1nnc(C2CCCCCC2)s1. The molecule has 0 aliphatic heterocycles. The molecule has 1 aliphatic carbocycles. The molecule has 1 saturated carbocycles. The van der Waals surface area contributed by atoms with Gasteiger partial charge in [-0.3, -0.25) is 0 Å². The Morgan fingerprint density at radius 1 is 1.14 bits per heavy atom. The second-order valence-electron chi connectivity index (χ2n) is 3.93. The molecule has 0 atom stereocenters. The average Bonchev–Trinajstić information content (AvgIpc) is 2.53. The van der Waals surface area contributed by atoms with Crippen LogP contribution in [0.5, 0.6) is 0 Å². The molecule has 1 fully saturated rings. The molecule has 0 spiro atoms. The number of aromatic nitrogens is 2. The molecule has 0 bridgehead atoms. The second-order valence-corrected chi connectivity index (χ2v) is 5.02. The van der Waals surface area contributed by atoms with Crippen LogP contribution in [0.4, 0.5) is 0 Å². The lowest BCUT2D eigenvalue weighted by atomic mass is 10.0. The van der Waals surface area contributed by atoms with E-state index in [1.807, 2.05) is 0 Å². The van der Waals surface area contributed by atoms with Gasteiger partial charge >= 0.3 is 0 Å². The van der Waals surface area contributed by atoms with Crippen molar-refractivity contribution in [2.45, 2.75) is 51.0 Å². The zero-order valence-electron chi connectivity index (χ0n) is 8.41. The van der Waals surface area contributed by atoms with E-state index in [9.17, 15) is 0 Å². The van der Waals surface area contributed by atoms with Crippen molar-refractivity contribution in [2.75, 3.05) is 0 Å². The Morgan fingerprint density at radius 2 is 1.86 bits per heavy atom. The van der Waals surface area contributed by atoms with Gasteiger partial charge in [-0.2, -0.15) is 0 Å². The van der Waals surface area contributed by atoms with Crippen molar-refractivity contribution < 1.29 is 0 Å². The Bertz CT molecular complexity index is 277. The van der Waals surface area contributed by atoms with E-state index in [1.54, 1.807) is 11.3 Å². The van der Waals surface area contributed by atoms with E-state index in [-0.39, 0.29) is 0 Å². The molecular weight excluding hydrogens is 194 g/mol. The smallest absolute Gasteiger partial charge is 0.131 e. The summed E-state index contributed by atoms with van der Waals surface area (Å²) in [6, 6.07) is 0. The maximum Gasteiger partial charge on any atom is 0.131 e. The fourth-order valence-corrected chi connectivity index (χ4v) is 2.93. The molecule has 1 aliphatic rings. The fraction of sp³-hybridized carbons (Fsp3) is 0.800. The molecular formula is C10H17N3S. The standard InChI is InChI=1S/C10H17N3S/c11-7-9-12-13-10(14-9)8-5-3-1-2-4-6-8/h8H,1-7,11H2. The van der Waals surface area contributed by atoms with Crippen LogP contribution in [0.15, 0.2) is 0 Å². The second kappa shape index (κ2) is 4.84. The minimum atomic E-state index is 0.532. The van der Waals surface area contributed by atoms with Crippen LogP contribution >= 0.6 is 11.3 Å². The van der Waals surface area contributed by atoms with Gasteiger partial charge in [-0.15, -0.1) is 10.2 Å². The van der Waals surface area contributed by atoms with Crippen LogP contribution in [0.3, 0.4) is 0 Å². The largest absolute Gasteiger partial charge is 0.324 e. The van der Waals surface area contributed by atoms with E-state index in [2.05, 4.69) is 10.2 Å². The van der Waals surface area contributed by atoms with Crippen LogP contribution in [0, 0.1) is 0 Å². The van der Waals surface area contributed by atoms with Gasteiger partial charge in [0.2, 0.25) is 0 Å². The Balaban J connectivity index is 2.04. The Labute approximate surface area is 88.7 Å². The highest BCUT2D eigenvalue weighted by Gasteiger charge is 2.18. The number of rotatable bonds is 2. The van der Waals surface area contributed by atoms with Crippen molar-refractivity contribution in [3.05, 3.63) is 10.0 Å². The van der Waals surface area contributed by atoms with Crippen molar-refractivity contribution in [3.63, 3.8) is 0 Å². The van der Waals surface area contributed by atoms with E-state index in [4.69, 9.17) is 5.73 Å². The summed E-state index contributed by atoms with van der Waals surface area (Å²) in [4.78, 5) is 0. The van der Waals surface area contributed by atoms with Gasteiger partial charge in [0, 0.05) is 12.5 Å². The fourth-order valence-electron chi connectivity index (χ4n) is 2.04. The predicted molar refractivity (Wildman–Crippen MR) is 58.2 cm³/mol. The molecule has 3 nitrogen and oxygen atoms in total. The molecule has 0 saturated heterocycles. The van der Waals surface area contributed by atoms with Crippen LogP contribution in [-0.4, -0.2) is 10.2 Å². The van der Waals surface area contributed by atoms with Crippen LogP contribution in [-0.2, 0) is 6.54 Å². The monoisotopic (exact) mass is 211 g/mol. The van der Waals surface area contributed by atoms with Crippen LogP contribution in [0.2, 0.25) is 0 Å². The minimum absolute atomic E-state index is 0.532. The molecule has 1 heterocycles. The quantitative estimate of drug-likeness (QED) is 0.764. The number of nitrogens with two attached hydrogens (primary N) is 1. The van der Waals surface area contributed by atoms with Crippen molar-refractivity contribution in [3.8, 4) is 0 Å². The molecule has 4 heteroatoms. The number of hydrogen-bond donors (Lipinski definition) is 1. The lowest BCUT2D eigenvalue weighted by Crippen LogP contribution is -1.96. The van der Waals surface area contributed by atoms with E-state index >= 15 is 0 Å². The van der Waals surface area contributed by atoms with Crippen LogP contribution in [0.25, 0.3) is 0 Å². The van der Waals surface area contributed by atoms with Gasteiger partial charge in [-0.05, 0) is 12.8 Å². The van der Waals surface area contributed by atoms with Gasteiger partial charge in [-0.25, -0.2) is 0 Å². The molecule has 0 aromatic carbocycles. The minimum Gasteiger partial charge on any atom is -0.324 e. The summed E-state index contributed by atoms with van der Waals surface area (Å²) >= 11 is 1.70. The first kappa shape index (κ1) is 10.1. The summed E-state index contributed by atoms with van der Waals surface area (Å²) in [7, 11) is 0. The third kappa shape index (κ3) is 2.30. The van der Waals surface area contributed by atoms with Crippen molar-refractivity contribution >= 4 is 11.3 Å². The van der Waals surface area contributed by atoms with Gasteiger partial charge < -0.3 is 5.73 Å². The summed E-state index contributed by atoms with van der Waals surface area (Å²) in [6.07, 6.45) is 8.06. The Morgan fingerprint density at radius 3 is 2.43 bits per heavy atom. The molecule has 1 aromatic rings. The molecule has 2 rings (SSSR count). The normalized spacial score (nSPS) is 19.5. The molecule has 0 radical (unpaired) electrons. The van der Waals surface area contributed by atoms with Crippen LogP contribution < -0.4 is 5.73 Å². The zero-order chi connectivity index (χ0) is 9.80. The Hall–Kier alpha value is -0.480. The van der Waals surface area contributed by atoms with Gasteiger partial charge in [-0.1, -0.05) is 37.0 Å². The summed E-state index contributed by atoms with van der Waals surface area (Å²) in [6.45, 7) is 0.532. The van der Waals surface area contributed by atoms with E-state index < -0.39 is 0 Å². The number of nitrogens with zero attached hydrogens (tertiary/aromatic N) is 2. The molecule has 1 aromatic heterocycles. The molecule has 14 heavy (non-hydrogen) atoms. The third-order valence-corrected chi connectivity index (χ3v) is 3.97. The zero-order valence-corrected chi connectivity index (χ0v) is 9.22. The van der Waals surface area contributed by atoms with E-state index in [0.29, 0.717) is 12.5 Å². The number of hydrogen-bond acceptors (Lipinski definition) is 4. The predicted octanol–water partition coefficient (Wildman–Crippen LogP) is 2.43. The summed E-state index contributed by atoms with van der Waals surface area (Å²) < 4.78 is 0. The van der Waals surface area contributed by atoms with E-state index in [0.717, 1.165) is 5.01 Å². The van der Waals surface area contributed by atoms with Crippen molar-refractivity contribution in [1.29, 1.82) is 0 Å². The first-order valence-electron chi connectivity index (χ1n) is 5.42. The maximum atomic E-state index is 5.53. The molecule has 0 amide bonds. The average molecular weight is 211 g/mol. The lowest BCUT2D eigenvalue weighted by Gasteiger charge is -2.08. The van der Waals surface area contributed by atoms with Gasteiger partial charge in [0.15, 0.2) is 0 Å². The summed E-state index contributed by atoms with van der Waals surface area (Å²) in [5, 5.41) is 10.5. The van der Waals surface area contributed by atoms with Gasteiger partial charge in [0.05, 0.1) is 0 Å². The topological polar surface area (TPSA) is 51.8 Å². The van der Waals surface area contributed by atoms with Crippen molar-refractivity contribution in [1.82, 2.24) is 10.2 Å². The highest BCUT2D eigenvalue weighted by molar-refractivity contribution is 7.11. The first-order valence-corrected chi connectivity index (χ1v) is 6.24. The molecule has 2 N–H and O–H groups in total. The third-order valence-electron chi connectivity index (χ3n) is 2.86. The lowest BCUT2D eigenvalue weighted by molar-refractivity contribution is 0.584.